The SMILES string of the molecule is CC(C)Sc1ccc(CCNCC2(N)CC2)cc1. The minimum Gasteiger partial charge on any atom is -0.324 e. The van der Waals surface area contributed by atoms with E-state index in [0.29, 0.717) is 5.25 Å². The number of rotatable bonds is 7. The standard InChI is InChI=1S/C15H24N2S/c1-12(2)18-14-5-3-13(4-6-14)7-10-17-11-15(16)8-9-15/h3-6,12,17H,7-11,16H2,1-2H3. The Balaban J connectivity index is 1.69. The Hall–Kier alpha value is -0.510. The van der Waals surface area contributed by atoms with Crippen molar-refractivity contribution in [1.29, 1.82) is 0 Å². The van der Waals surface area contributed by atoms with Crippen molar-refractivity contribution in [3.8, 4) is 0 Å². The lowest BCUT2D eigenvalue weighted by Crippen LogP contribution is -2.36. The van der Waals surface area contributed by atoms with Crippen molar-refractivity contribution in [2.75, 3.05) is 13.1 Å². The van der Waals surface area contributed by atoms with Crippen molar-refractivity contribution in [3.63, 3.8) is 0 Å². The van der Waals surface area contributed by atoms with Crippen LogP contribution in [0.4, 0.5) is 0 Å². The third kappa shape index (κ3) is 4.63. The Labute approximate surface area is 115 Å². The zero-order chi connectivity index (χ0) is 13.0. The van der Waals surface area contributed by atoms with E-state index < -0.39 is 0 Å². The normalized spacial score (nSPS) is 17.1. The molecule has 2 rings (SSSR count). The lowest BCUT2D eigenvalue weighted by atomic mass is 10.1. The van der Waals surface area contributed by atoms with Crippen LogP contribution in [0, 0.1) is 0 Å². The van der Waals surface area contributed by atoms with Gasteiger partial charge in [-0.1, -0.05) is 26.0 Å². The molecule has 1 aromatic rings. The summed E-state index contributed by atoms with van der Waals surface area (Å²) in [6.45, 7) is 6.44. The second-order valence-corrected chi connectivity index (χ2v) is 7.25. The molecule has 1 saturated carbocycles. The summed E-state index contributed by atoms with van der Waals surface area (Å²) in [5.74, 6) is 0. The average molecular weight is 264 g/mol. The second-order valence-electron chi connectivity index (χ2n) is 5.60. The van der Waals surface area contributed by atoms with Crippen LogP contribution in [-0.4, -0.2) is 23.9 Å². The van der Waals surface area contributed by atoms with Crippen molar-refractivity contribution >= 4 is 11.8 Å². The van der Waals surface area contributed by atoms with Gasteiger partial charge in [-0.15, -0.1) is 11.8 Å². The molecular weight excluding hydrogens is 240 g/mol. The first-order valence-electron chi connectivity index (χ1n) is 6.83. The Kier molecular flexibility index (Phi) is 4.71. The molecule has 1 aliphatic carbocycles. The molecular formula is C15H24N2S. The predicted molar refractivity (Wildman–Crippen MR) is 80.2 cm³/mol. The maximum Gasteiger partial charge on any atom is 0.0282 e. The van der Waals surface area contributed by atoms with E-state index in [2.05, 4.69) is 43.4 Å². The van der Waals surface area contributed by atoms with Crippen LogP contribution in [0.2, 0.25) is 0 Å². The Morgan fingerprint density at radius 1 is 1.28 bits per heavy atom. The fourth-order valence-corrected chi connectivity index (χ4v) is 2.75. The molecule has 0 aliphatic heterocycles. The van der Waals surface area contributed by atoms with Gasteiger partial charge >= 0.3 is 0 Å². The number of thioether (sulfide) groups is 1. The summed E-state index contributed by atoms with van der Waals surface area (Å²) in [6.07, 6.45) is 3.45. The zero-order valence-electron chi connectivity index (χ0n) is 11.4. The van der Waals surface area contributed by atoms with Gasteiger partial charge in [0.25, 0.3) is 0 Å². The molecule has 0 unspecified atom stereocenters. The highest BCUT2D eigenvalue weighted by molar-refractivity contribution is 7.99. The first-order valence-corrected chi connectivity index (χ1v) is 7.71. The lowest BCUT2D eigenvalue weighted by molar-refractivity contribution is 0.570. The highest BCUT2D eigenvalue weighted by Gasteiger charge is 2.37. The topological polar surface area (TPSA) is 38.0 Å². The molecule has 3 N–H and O–H groups in total. The van der Waals surface area contributed by atoms with Gasteiger partial charge in [0.15, 0.2) is 0 Å². The van der Waals surface area contributed by atoms with Crippen molar-refractivity contribution < 1.29 is 0 Å². The largest absolute Gasteiger partial charge is 0.324 e. The van der Waals surface area contributed by atoms with Crippen LogP contribution in [0.25, 0.3) is 0 Å². The molecule has 0 radical (unpaired) electrons. The van der Waals surface area contributed by atoms with Gasteiger partial charge in [0, 0.05) is 22.2 Å². The smallest absolute Gasteiger partial charge is 0.0282 e. The van der Waals surface area contributed by atoms with Gasteiger partial charge in [0.2, 0.25) is 0 Å². The van der Waals surface area contributed by atoms with Crippen molar-refractivity contribution in [2.45, 2.75) is 48.8 Å². The van der Waals surface area contributed by atoms with Gasteiger partial charge in [-0.3, -0.25) is 0 Å². The molecule has 0 aromatic heterocycles. The van der Waals surface area contributed by atoms with Gasteiger partial charge < -0.3 is 11.1 Å². The minimum atomic E-state index is 0.123. The Morgan fingerprint density at radius 3 is 2.50 bits per heavy atom. The van der Waals surface area contributed by atoms with E-state index in [0.717, 1.165) is 19.5 Å². The third-order valence-corrected chi connectivity index (χ3v) is 4.27. The van der Waals surface area contributed by atoms with E-state index in [9.17, 15) is 0 Å². The van der Waals surface area contributed by atoms with Crippen molar-refractivity contribution in [1.82, 2.24) is 5.32 Å². The summed E-state index contributed by atoms with van der Waals surface area (Å²) in [4.78, 5) is 1.36. The monoisotopic (exact) mass is 264 g/mol. The molecule has 0 amide bonds. The lowest BCUT2D eigenvalue weighted by Gasteiger charge is -2.10. The quantitative estimate of drug-likeness (QED) is 0.587. The molecule has 0 bridgehead atoms. The summed E-state index contributed by atoms with van der Waals surface area (Å²) in [5.41, 5.74) is 7.55. The van der Waals surface area contributed by atoms with E-state index in [4.69, 9.17) is 5.73 Å². The number of nitrogens with one attached hydrogen (secondary N) is 1. The van der Waals surface area contributed by atoms with Crippen LogP contribution in [0.3, 0.4) is 0 Å². The molecule has 0 spiro atoms. The minimum absolute atomic E-state index is 0.123. The molecule has 0 atom stereocenters. The van der Waals surface area contributed by atoms with E-state index in [1.807, 2.05) is 11.8 Å². The van der Waals surface area contributed by atoms with E-state index in [1.165, 1.54) is 23.3 Å². The number of hydrogen-bond donors (Lipinski definition) is 2. The number of hydrogen-bond acceptors (Lipinski definition) is 3. The molecule has 1 aliphatic rings. The number of benzene rings is 1. The molecule has 1 fully saturated rings. The van der Waals surface area contributed by atoms with Gasteiger partial charge in [-0.05, 0) is 43.5 Å². The first kappa shape index (κ1) is 13.9. The van der Waals surface area contributed by atoms with Gasteiger partial charge in [0.1, 0.15) is 0 Å². The summed E-state index contributed by atoms with van der Waals surface area (Å²) in [6, 6.07) is 8.93. The van der Waals surface area contributed by atoms with E-state index in [1.54, 1.807) is 0 Å². The first-order chi connectivity index (χ1) is 8.57. The fourth-order valence-electron chi connectivity index (χ4n) is 1.91. The molecule has 1 aromatic carbocycles. The Morgan fingerprint density at radius 2 is 1.94 bits per heavy atom. The van der Waals surface area contributed by atoms with Gasteiger partial charge in [-0.2, -0.15) is 0 Å². The van der Waals surface area contributed by atoms with Crippen LogP contribution in [0.15, 0.2) is 29.2 Å². The number of nitrogens with two attached hydrogens (primary N) is 1. The van der Waals surface area contributed by atoms with Crippen LogP contribution in [0.1, 0.15) is 32.3 Å². The van der Waals surface area contributed by atoms with Crippen LogP contribution in [0.5, 0.6) is 0 Å². The molecule has 0 heterocycles. The fraction of sp³-hybridized carbons (Fsp3) is 0.600. The van der Waals surface area contributed by atoms with Crippen molar-refractivity contribution in [2.24, 2.45) is 5.73 Å². The predicted octanol–water partition coefficient (Wildman–Crippen LogP) is 2.81. The molecule has 2 nitrogen and oxygen atoms in total. The molecule has 0 saturated heterocycles. The zero-order valence-corrected chi connectivity index (χ0v) is 12.2. The highest BCUT2D eigenvalue weighted by atomic mass is 32.2. The van der Waals surface area contributed by atoms with E-state index in [-0.39, 0.29) is 5.54 Å². The highest BCUT2D eigenvalue weighted by Crippen LogP contribution is 2.30. The van der Waals surface area contributed by atoms with E-state index >= 15 is 0 Å². The second kappa shape index (κ2) is 6.09. The van der Waals surface area contributed by atoms with Gasteiger partial charge in [0.05, 0.1) is 0 Å². The van der Waals surface area contributed by atoms with Crippen LogP contribution < -0.4 is 11.1 Å². The van der Waals surface area contributed by atoms with Crippen molar-refractivity contribution in [3.05, 3.63) is 29.8 Å². The third-order valence-electron chi connectivity index (χ3n) is 3.25. The summed E-state index contributed by atoms with van der Waals surface area (Å²) >= 11 is 1.91. The average Bonchev–Trinajstić information content (AvgIpc) is 3.05. The van der Waals surface area contributed by atoms with Crippen LogP contribution >= 0.6 is 11.8 Å². The molecule has 3 heteroatoms. The molecule has 100 valence electrons. The maximum absolute atomic E-state index is 6.03. The Bertz CT molecular complexity index is 369. The summed E-state index contributed by atoms with van der Waals surface area (Å²) in [5, 5.41) is 4.10. The van der Waals surface area contributed by atoms with Gasteiger partial charge in [-0.25, -0.2) is 0 Å². The molecule has 18 heavy (non-hydrogen) atoms. The summed E-state index contributed by atoms with van der Waals surface area (Å²) < 4.78 is 0. The van der Waals surface area contributed by atoms with Crippen LogP contribution in [-0.2, 0) is 6.42 Å². The maximum atomic E-state index is 6.03. The summed E-state index contributed by atoms with van der Waals surface area (Å²) in [7, 11) is 0.